The van der Waals surface area contributed by atoms with E-state index in [0.29, 0.717) is 16.8 Å². The number of benzene rings is 1. The van der Waals surface area contributed by atoms with Crippen LogP contribution in [0.2, 0.25) is 0 Å². The first-order chi connectivity index (χ1) is 10.5. The molecule has 2 aromatic rings. The molecule has 0 fully saturated rings. The fraction of sp³-hybridized carbons (Fsp3) is 0.333. The Labute approximate surface area is 132 Å². The summed E-state index contributed by atoms with van der Waals surface area (Å²) in [7, 11) is 0. The van der Waals surface area contributed by atoms with E-state index in [9.17, 15) is 9.59 Å². The van der Waals surface area contributed by atoms with Crippen molar-refractivity contribution in [3.05, 3.63) is 45.9 Å². The number of aromatic nitrogens is 3. The van der Waals surface area contributed by atoms with Crippen molar-refractivity contribution in [2.24, 2.45) is 0 Å². The zero-order valence-corrected chi connectivity index (χ0v) is 13.5. The predicted molar refractivity (Wildman–Crippen MR) is 87.3 cm³/mol. The van der Waals surface area contributed by atoms with Gasteiger partial charge >= 0.3 is 0 Å². The van der Waals surface area contributed by atoms with Crippen LogP contribution >= 0.6 is 11.8 Å². The van der Waals surface area contributed by atoms with Gasteiger partial charge in [0.05, 0.1) is 5.75 Å². The lowest BCUT2D eigenvalue weighted by Gasteiger charge is -2.08. The summed E-state index contributed by atoms with van der Waals surface area (Å²) in [6.07, 6.45) is 0. The van der Waals surface area contributed by atoms with Crippen LogP contribution in [0.1, 0.15) is 31.0 Å². The third kappa shape index (κ3) is 4.42. The van der Waals surface area contributed by atoms with E-state index in [0.717, 1.165) is 17.4 Å². The zero-order valence-electron chi connectivity index (χ0n) is 12.7. The third-order valence-electron chi connectivity index (χ3n) is 3.04. The molecule has 0 spiro atoms. The van der Waals surface area contributed by atoms with E-state index < -0.39 is 0 Å². The van der Waals surface area contributed by atoms with Crippen molar-refractivity contribution in [3.8, 4) is 0 Å². The average Bonchev–Trinajstić information content (AvgIpc) is 2.49. The van der Waals surface area contributed by atoms with Crippen molar-refractivity contribution < 1.29 is 4.79 Å². The van der Waals surface area contributed by atoms with Crippen LogP contribution in [0.25, 0.3) is 0 Å². The molecule has 0 saturated carbocycles. The van der Waals surface area contributed by atoms with Crippen LogP contribution in [0, 0.1) is 6.92 Å². The summed E-state index contributed by atoms with van der Waals surface area (Å²) < 4.78 is 0. The van der Waals surface area contributed by atoms with Crippen LogP contribution < -0.4 is 10.9 Å². The van der Waals surface area contributed by atoms with Crippen LogP contribution in [-0.4, -0.2) is 26.8 Å². The Morgan fingerprint density at radius 3 is 2.55 bits per heavy atom. The maximum Gasteiger partial charge on any atom is 0.273 e. The van der Waals surface area contributed by atoms with Crippen LogP contribution in [0.15, 0.2) is 34.2 Å². The number of anilines is 1. The second-order valence-corrected chi connectivity index (χ2v) is 6.12. The number of hydrogen-bond acceptors (Lipinski definition) is 5. The molecular formula is C15H18N4O2S. The first kappa shape index (κ1) is 16.2. The number of H-pyrrole nitrogens is 1. The first-order valence-electron chi connectivity index (χ1n) is 6.92. The fourth-order valence-corrected chi connectivity index (χ4v) is 2.33. The Balaban J connectivity index is 1.89. The minimum absolute atomic E-state index is 0.152. The van der Waals surface area contributed by atoms with E-state index in [2.05, 4.69) is 34.3 Å². The summed E-state index contributed by atoms with van der Waals surface area (Å²) in [4.78, 5) is 25.8. The third-order valence-corrected chi connectivity index (χ3v) is 3.90. The highest BCUT2D eigenvalue weighted by atomic mass is 32.2. The van der Waals surface area contributed by atoms with Crippen LogP contribution in [-0.2, 0) is 4.79 Å². The van der Waals surface area contributed by atoms with E-state index in [1.165, 1.54) is 5.56 Å². The van der Waals surface area contributed by atoms with Gasteiger partial charge in [-0.25, -0.2) is 0 Å². The average molecular weight is 318 g/mol. The summed E-state index contributed by atoms with van der Waals surface area (Å²) in [5.74, 6) is 0.447. The Morgan fingerprint density at radius 2 is 1.95 bits per heavy atom. The Bertz CT molecular complexity index is 710. The van der Waals surface area contributed by atoms with Gasteiger partial charge in [-0.1, -0.05) is 37.7 Å². The molecule has 2 rings (SSSR count). The lowest BCUT2D eigenvalue weighted by molar-refractivity contribution is -0.113. The molecule has 0 saturated heterocycles. The quantitative estimate of drug-likeness (QED) is 0.826. The molecule has 1 aromatic heterocycles. The molecule has 22 heavy (non-hydrogen) atoms. The number of nitrogens with one attached hydrogen (secondary N) is 2. The molecule has 1 aromatic carbocycles. The molecule has 0 radical (unpaired) electrons. The standard InChI is InChI=1S/C15H18N4O2S/c1-9(2)11-4-6-12(7-5-11)16-13(20)8-22-15-17-14(21)10(3)18-19-15/h4-7,9H,8H2,1-3H3,(H,16,20)(H,17,19,21). The Hall–Kier alpha value is -2.15. The SMILES string of the molecule is Cc1nnc(SCC(=O)Nc2ccc(C(C)C)cc2)[nH]c1=O. The molecule has 0 bridgehead atoms. The molecule has 0 aliphatic carbocycles. The highest BCUT2D eigenvalue weighted by Crippen LogP contribution is 2.17. The first-order valence-corrected chi connectivity index (χ1v) is 7.90. The van der Waals surface area contributed by atoms with E-state index in [4.69, 9.17) is 0 Å². The van der Waals surface area contributed by atoms with Crippen molar-refractivity contribution in [1.29, 1.82) is 0 Å². The lowest BCUT2D eigenvalue weighted by Crippen LogP contribution is -2.17. The van der Waals surface area contributed by atoms with Crippen molar-refractivity contribution in [2.45, 2.75) is 31.8 Å². The lowest BCUT2D eigenvalue weighted by atomic mass is 10.0. The number of aryl methyl sites for hydroxylation is 1. The molecule has 116 valence electrons. The molecule has 0 atom stereocenters. The van der Waals surface area contributed by atoms with Gasteiger partial charge in [-0.2, -0.15) is 0 Å². The van der Waals surface area contributed by atoms with Crippen LogP contribution in [0.5, 0.6) is 0 Å². The molecular weight excluding hydrogens is 300 g/mol. The number of rotatable bonds is 5. The molecule has 0 aliphatic rings. The molecule has 7 heteroatoms. The Kier molecular flexibility index (Phi) is 5.32. The van der Waals surface area contributed by atoms with Gasteiger partial charge in [0.15, 0.2) is 5.16 Å². The van der Waals surface area contributed by atoms with Crippen LogP contribution in [0.3, 0.4) is 0 Å². The van der Waals surface area contributed by atoms with Crippen LogP contribution in [0.4, 0.5) is 5.69 Å². The number of carbonyl (C=O) groups excluding carboxylic acids is 1. The fourth-order valence-electron chi connectivity index (χ4n) is 1.73. The van der Waals surface area contributed by atoms with Gasteiger partial charge < -0.3 is 5.32 Å². The summed E-state index contributed by atoms with van der Waals surface area (Å²) in [5, 5.41) is 10.7. The van der Waals surface area contributed by atoms with E-state index in [-0.39, 0.29) is 17.2 Å². The minimum Gasteiger partial charge on any atom is -0.325 e. The van der Waals surface area contributed by atoms with Crippen molar-refractivity contribution >= 4 is 23.4 Å². The highest BCUT2D eigenvalue weighted by Gasteiger charge is 2.07. The molecule has 2 N–H and O–H groups in total. The minimum atomic E-state index is -0.290. The van der Waals surface area contributed by atoms with E-state index in [1.54, 1.807) is 6.92 Å². The maximum atomic E-state index is 11.9. The number of thioether (sulfide) groups is 1. The second-order valence-electron chi connectivity index (χ2n) is 5.16. The summed E-state index contributed by atoms with van der Waals surface area (Å²) in [6, 6.07) is 7.75. The molecule has 1 heterocycles. The van der Waals surface area contributed by atoms with Gasteiger partial charge in [-0.15, -0.1) is 10.2 Å². The highest BCUT2D eigenvalue weighted by molar-refractivity contribution is 7.99. The van der Waals surface area contributed by atoms with Gasteiger partial charge in [0, 0.05) is 5.69 Å². The number of nitrogens with zero attached hydrogens (tertiary/aromatic N) is 2. The number of aromatic amines is 1. The summed E-state index contributed by atoms with van der Waals surface area (Å²) >= 11 is 1.14. The number of hydrogen-bond donors (Lipinski definition) is 2. The van der Waals surface area contributed by atoms with Gasteiger partial charge in [-0.3, -0.25) is 14.6 Å². The molecule has 6 nitrogen and oxygen atoms in total. The monoisotopic (exact) mass is 318 g/mol. The number of amides is 1. The molecule has 0 unspecified atom stereocenters. The smallest absolute Gasteiger partial charge is 0.273 e. The largest absolute Gasteiger partial charge is 0.325 e. The summed E-state index contributed by atoms with van der Waals surface area (Å²) in [5.41, 5.74) is 1.99. The van der Waals surface area contributed by atoms with Gasteiger partial charge in [0.2, 0.25) is 5.91 Å². The second kappa shape index (κ2) is 7.22. The predicted octanol–water partition coefficient (Wildman–Crippen LogP) is 2.33. The van der Waals surface area contributed by atoms with Gasteiger partial charge in [0.25, 0.3) is 5.56 Å². The van der Waals surface area contributed by atoms with Gasteiger partial charge in [0.1, 0.15) is 5.69 Å². The maximum absolute atomic E-state index is 11.9. The van der Waals surface area contributed by atoms with Crippen molar-refractivity contribution in [3.63, 3.8) is 0 Å². The van der Waals surface area contributed by atoms with Crippen molar-refractivity contribution in [1.82, 2.24) is 15.2 Å². The van der Waals surface area contributed by atoms with Crippen molar-refractivity contribution in [2.75, 3.05) is 11.1 Å². The van der Waals surface area contributed by atoms with E-state index >= 15 is 0 Å². The topological polar surface area (TPSA) is 87.7 Å². The van der Waals surface area contributed by atoms with Gasteiger partial charge in [-0.05, 0) is 30.5 Å². The van der Waals surface area contributed by atoms with E-state index in [1.807, 2.05) is 24.3 Å². The zero-order chi connectivity index (χ0) is 16.1. The Morgan fingerprint density at radius 1 is 1.27 bits per heavy atom. The summed E-state index contributed by atoms with van der Waals surface area (Å²) in [6.45, 7) is 5.81. The molecule has 0 aliphatic heterocycles. The number of carbonyl (C=O) groups is 1. The normalized spacial score (nSPS) is 10.7. The molecule has 1 amide bonds.